The lowest BCUT2D eigenvalue weighted by atomic mass is 10.1. The van der Waals surface area contributed by atoms with Crippen LogP contribution in [0.3, 0.4) is 0 Å². The number of ether oxygens (including phenoxy) is 1. The molecule has 0 amide bonds. The summed E-state index contributed by atoms with van der Waals surface area (Å²) in [4.78, 5) is 10.3. The van der Waals surface area contributed by atoms with Crippen molar-refractivity contribution >= 4 is 5.97 Å². The molecule has 0 aliphatic heterocycles. The van der Waals surface area contributed by atoms with Gasteiger partial charge in [0.05, 0.1) is 0 Å². The zero-order valence-electron chi connectivity index (χ0n) is 13.4. The molecule has 0 aromatic rings. The maximum atomic E-state index is 10.3. The molecule has 0 unspecified atom stereocenters. The van der Waals surface area contributed by atoms with Crippen LogP contribution in [0.25, 0.3) is 0 Å². The van der Waals surface area contributed by atoms with Gasteiger partial charge in [-0.15, -0.1) is 0 Å². The van der Waals surface area contributed by atoms with E-state index in [1.807, 2.05) is 0 Å². The zero-order valence-corrected chi connectivity index (χ0v) is 13.4. The first-order valence-electron chi connectivity index (χ1n) is 8.57. The van der Waals surface area contributed by atoms with Gasteiger partial charge in [0, 0.05) is 19.6 Å². The Morgan fingerprint density at radius 1 is 0.750 bits per heavy atom. The highest BCUT2D eigenvalue weighted by Crippen LogP contribution is 2.09. The highest BCUT2D eigenvalue weighted by molar-refractivity contribution is 5.66. The Bertz CT molecular complexity index is 204. The van der Waals surface area contributed by atoms with Crippen LogP contribution in [0, 0.1) is 0 Å². The summed E-state index contributed by atoms with van der Waals surface area (Å²) in [6, 6.07) is 0. The molecule has 0 aromatic carbocycles. The number of hydrogen-bond acceptors (Lipinski definition) is 2. The summed E-state index contributed by atoms with van der Waals surface area (Å²) in [7, 11) is 0. The summed E-state index contributed by atoms with van der Waals surface area (Å²) in [5.41, 5.74) is 0. The average Bonchev–Trinajstić information content (AvgIpc) is 2.43. The summed E-state index contributed by atoms with van der Waals surface area (Å²) >= 11 is 0. The minimum Gasteiger partial charge on any atom is -0.481 e. The lowest BCUT2D eigenvalue weighted by Crippen LogP contribution is -1.97. The lowest BCUT2D eigenvalue weighted by molar-refractivity contribution is -0.137. The van der Waals surface area contributed by atoms with E-state index in [0.29, 0.717) is 6.42 Å². The Morgan fingerprint density at radius 2 is 1.20 bits per heavy atom. The van der Waals surface area contributed by atoms with Crippen LogP contribution < -0.4 is 0 Å². The van der Waals surface area contributed by atoms with Crippen molar-refractivity contribution in [3.05, 3.63) is 0 Å². The highest BCUT2D eigenvalue weighted by atomic mass is 16.5. The van der Waals surface area contributed by atoms with Crippen LogP contribution in [0.2, 0.25) is 0 Å². The van der Waals surface area contributed by atoms with Crippen molar-refractivity contribution in [2.75, 3.05) is 13.2 Å². The van der Waals surface area contributed by atoms with Crippen LogP contribution in [0.15, 0.2) is 0 Å². The van der Waals surface area contributed by atoms with E-state index >= 15 is 0 Å². The van der Waals surface area contributed by atoms with E-state index in [4.69, 9.17) is 9.84 Å². The molecule has 0 atom stereocenters. The number of carboxylic acids is 1. The number of rotatable bonds is 16. The quantitative estimate of drug-likeness (QED) is 0.398. The van der Waals surface area contributed by atoms with Crippen LogP contribution in [0.4, 0.5) is 0 Å². The molecule has 0 saturated heterocycles. The molecule has 3 heteroatoms. The molecule has 0 radical (unpaired) electrons. The van der Waals surface area contributed by atoms with Crippen molar-refractivity contribution in [1.82, 2.24) is 0 Å². The molecule has 0 bridgehead atoms. The molecule has 1 N–H and O–H groups in total. The zero-order chi connectivity index (χ0) is 14.9. The van der Waals surface area contributed by atoms with Crippen LogP contribution in [-0.4, -0.2) is 24.3 Å². The fraction of sp³-hybridized carbons (Fsp3) is 0.941. The van der Waals surface area contributed by atoms with E-state index in [9.17, 15) is 4.79 Å². The van der Waals surface area contributed by atoms with Gasteiger partial charge in [-0.25, -0.2) is 0 Å². The Kier molecular flexibility index (Phi) is 16.0. The van der Waals surface area contributed by atoms with Crippen LogP contribution >= 0.6 is 0 Å². The monoisotopic (exact) mass is 286 g/mol. The van der Waals surface area contributed by atoms with Crippen LogP contribution in [-0.2, 0) is 9.53 Å². The van der Waals surface area contributed by atoms with Gasteiger partial charge in [-0.1, -0.05) is 64.7 Å². The second-order valence-electron chi connectivity index (χ2n) is 5.65. The van der Waals surface area contributed by atoms with Crippen LogP contribution in [0.1, 0.15) is 90.4 Å². The average molecular weight is 286 g/mol. The fourth-order valence-corrected chi connectivity index (χ4v) is 2.27. The predicted molar refractivity (Wildman–Crippen MR) is 84.1 cm³/mol. The summed E-state index contributed by atoms with van der Waals surface area (Å²) in [5, 5.41) is 8.50. The maximum absolute atomic E-state index is 10.3. The first-order valence-corrected chi connectivity index (χ1v) is 8.57. The van der Waals surface area contributed by atoms with Crippen molar-refractivity contribution < 1.29 is 14.6 Å². The lowest BCUT2D eigenvalue weighted by Gasteiger charge is -2.04. The van der Waals surface area contributed by atoms with Crippen molar-refractivity contribution in [2.45, 2.75) is 90.4 Å². The summed E-state index contributed by atoms with van der Waals surface area (Å²) < 4.78 is 5.62. The van der Waals surface area contributed by atoms with E-state index in [-0.39, 0.29) is 0 Å². The minimum absolute atomic E-state index is 0.325. The van der Waals surface area contributed by atoms with Crippen molar-refractivity contribution in [2.24, 2.45) is 0 Å². The van der Waals surface area contributed by atoms with Crippen LogP contribution in [0.5, 0.6) is 0 Å². The van der Waals surface area contributed by atoms with Gasteiger partial charge in [-0.3, -0.25) is 4.79 Å². The molecule has 3 nitrogen and oxygen atoms in total. The minimum atomic E-state index is -0.670. The number of carbonyl (C=O) groups is 1. The molecule has 0 aromatic heterocycles. The Hall–Kier alpha value is -0.570. The van der Waals surface area contributed by atoms with Gasteiger partial charge in [0.2, 0.25) is 0 Å². The Morgan fingerprint density at radius 3 is 1.70 bits per heavy atom. The normalized spacial score (nSPS) is 10.8. The molecule has 0 aliphatic carbocycles. The first kappa shape index (κ1) is 19.4. The third-order valence-corrected chi connectivity index (χ3v) is 3.57. The fourth-order valence-electron chi connectivity index (χ4n) is 2.27. The molecular weight excluding hydrogens is 252 g/mol. The van der Waals surface area contributed by atoms with E-state index in [2.05, 4.69) is 6.92 Å². The van der Waals surface area contributed by atoms with E-state index in [0.717, 1.165) is 26.1 Å². The third kappa shape index (κ3) is 17.4. The van der Waals surface area contributed by atoms with Gasteiger partial charge in [0.25, 0.3) is 0 Å². The number of aliphatic carboxylic acids is 1. The van der Waals surface area contributed by atoms with Gasteiger partial charge >= 0.3 is 5.97 Å². The molecule has 0 rings (SSSR count). The van der Waals surface area contributed by atoms with Gasteiger partial charge in [-0.2, -0.15) is 0 Å². The molecule has 0 aliphatic rings. The summed E-state index contributed by atoms with van der Waals surface area (Å²) in [5.74, 6) is -0.670. The van der Waals surface area contributed by atoms with Crippen molar-refractivity contribution in [3.63, 3.8) is 0 Å². The summed E-state index contributed by atoms with van der Waals surface area (Å²) in [6.07, 6.45) is 14.8. The Balaban J connectivity index is 2.94. The Labute approximate surface area is 125 Å². The predicted octanol–water partition coefficient (Wildman–Crippen LogP) is 5.18. The molecular formula is C17H34O3. The van der Waals surface area contributed by atoms with E-state index in [1.165, 1.54) is 64.2 Å². The number of carboxylic acid groups (broad SMARTS) is 1. The molecule has 20 heavy (non-hydrogen) atoms. The second kappa shape index (κ2) is 16.5. The van der Waals surface area contributed by atoms with E-state index < -0.39 is 5.97 Å². The molecule has 0 heterocycles. The maximum Gasteiger partial charge on any atom is 0.303 e. The third-order valence-electron chi connectivity index (χ3n) is 3.57. The van der Waals surface area contributed by atoms with Crippen molar-refractivity contribution in [1.29, 1.82) is 0 Å². The van der Waals surface area contributed by atoms with Gasteiger partial charge < -0.3 is 9.84 Å². The van der Waals surface area contributed by atoms with Gasteiger partial charge in [-0.05, 0) is 19.3 Å². The molecule has 0 saturated carbocycles. The second-order valence-corrected chi connectivity index (χ2v) is 5.65. The number of hydrogen-bond donors (Lipinski definition) is 1. The van der Waals surface area contributed by atoms with Crippen molar-refractivity contribution in [3.8, 4) is 0 Å². The number of unbranched alkanes of at least 4 members (excludes halogenated alkanes) is 10. The topological polar surface area (TPSA) is 46.5 Å². The smallest absolute Gasteiger partial charge is 0.303 e. The largest absolute Gasteiger partial charge is 0.481 e. The molecule has 0 fully saturated rings. The highest BCUT2D eigenvalue weighted by Gasteiger charge is 1.96. The van der Waals surface area contributed by atoms with Gasteiger partial charge in [0.15, 0.2) is 0 Å². The van der Waals surface area contributed by atoms with E-state index in [1.54, 1.807) is 0 Å². The molecule has 0 spiro atoms. The SMILES string of the molecule is CCCCCCCOCCCCCCCCCC(=O)O. The first-order chi connectivity index (χ1) is 9.77. The standard InChI is InChI=1S/C17H34O3/c1-2-3-4-9-12-15-20-16-13-10-7-5-6-8-11-14-17(18)19/h2-16H2,1H3,(H,18,19). The van der Waals surface area contributed by atoms with Gasteiger partial charge in [0.1, 0.15) is 0 Å². The molecule has 120 valence electrons. The summed E-state index contributed by atoms with van der Waals surface area (Å²) in [6.45, 7) is 4.08.